The maximum Gasteiger partial charge on any atom is 0.134 e. The summed E-state index contributed by atoms with van der Waals surface area (Å²) in [5.41, 5.74) is 3.11. The van der Waals surface area contributed by atoms with Crippen LogP contribution in [0.4, 0.5) is 4.39 Å². The van der Waals surface area contributed by atoms with Crippen LogP contribution in [0.3, 0.4) is 0 Å². The molecule has 0 aliphatic rings. The Morgan fingerprint density at radius 1 is 1.09 bits per heavy atom. The maximum atomic E-state index is 12.9. The Kier molecular flexibility index (Phi) is 4.08. The van der Waals surface area contributed by atoms with Crippen LogP contribution in [0, 0.1) is 17.1 Å². The molecule has 0 unspecified atom stereocenters. The van der Waals surface area contributed by atoms with E-state index in [4.69, 9.17) is 0 Å². The van der Waals surface area contributed by atoms with Crippen LogP contribution in [0.1, 0.15) is 10.6 Å². The predicted molar refractivity (Wildman–Crippen MR) is 87.4 cm³/mol. The molecule has 3 aromatic rings. The molecule has 22 heavy (non-hydrogen) atoms. The molecule has 2 aromatic carbocycles. The minimum Gasteiger partial charge on any atom is -0.235 e. The van der Waals surface area contributed by atoms with Crippen molar-refractivity contribution >= 4 is 23.0 Å². The van der Waals surface area contributed by atoms with Crippen molar-refractivity contribution in [2.24, 2.45) is 0 Å². The van der Waals surface area contributed by atoms with E-state index in [2.05, 4.69) is 11.1 Å². The topological polar surface area (TPSA) is 36.7 Å². The average molecular weight is 306 g/mol. The first-order valence-electron chi connectivity index (χ1n) is 6.65. The van der Waals surface area contributed by atoms with E-state index in [0.29, 0.717) is 10.6 Å². The van der Waals surface area contributed by atoms with Gasteiger partial charge in [0.2, 0.25) is 0 Å². The third-order valence-electron chi connectivity index (χ3n) is 3.11. The van der Waals surface area contributed by atoms with Crippen molar-refractivity contribution in [1.82, 2.24) is 4.98 Å². The van der Waals surface area contributed by atoms with Gasteiger partial charge in [-0.2, -0.15) is 5.26 Å². The highest BCUT2D eigenvalue weighted by Crippen LogP contribution is 2.27. The Hall–Kier alpha value is -2.77. The number of aromatic nitrogens is 1. The van der Waals surface area contributed by atoms with E-state index in [-0.39, 0.29) is 5.82 Å². The third-order valence-corrected chi connectivity index (χ3v) is 3.98. The van der Waals surface area contributed by atoms with Gasteiger partial charge in [-0.05, 0) is 23.8 Å². The van der Waals surface area contributed by atoms with Crippen molar-refractivity contribution in [1.29, 1.82) is 5.26 Å². The molecule has 0 spiro atoms. The van der Waals surface area contributed by atoms with Crippen LogP contribution in [0.15, 0.2) is 60.0 Å². The second-order valence-corrected chi connectivity index (χ2v) is 5.48. The number of thiazole rings is 1. The lowest BCUT2D eigenvalue weighted by Gasteiger charge is -1.96. The van der Waals surface area contributed by atoms with E-state index in [1.807, 2.05) is 35.7 Å². The smallest absolute Gasteiger partial charge is 0.134 e. The van der Waals surface area contributed by atoms with E-state index >= 15 is 0 Å². The molecular formula is C18H11FN2S. The Bertz CT molecular complexity index is 843. The summed E-state index contributed by atoms with van der Waals surface area (Å²) in [7, 11) is 0. The highest BCUT2D eigenvalue weighted by molar-refractivity contribution is 7.11. The summed E-state index contributed by atoms with van der Waals surface area (Å²) in [6.07, 6.45) is 1.72. The molecule has 0 aliphatic carbocycles. The van der Waals surface area contributed by atoms with Gasteiger partial charge >= 0.3 is 0 Å². The largest absolute Gasteiger partial charge is 0.235 e. The van der Waals surface area contributed by atoms with Gasteiger partial charge in [-0.15, -0.1) is 11.3 Å². The first kappa shape index (κ1) is 14.2. The molecule has 106 valence electrons. The number of hydrogen-bond acceptors (Lipinski definition) is 3. The van der Waals surface area contributed by atoms with E-state index in [1.54, 1.807) is 18.2 Å². The minimum absolute atomic E-state index is 0.295. The molecule has 1 aromatic heterocycles. The van der Waals surface area contributed by atoms with Crippen molar-refractivity contribution in [3.05, 3.63) is 76.4 Å². The number of nitrogens with zero attached hydrogens (tertiary/aromatic N) is 2. The van der Waals surface area contributed by atoms with Crippen LogP contribution in [-0.2, 0) is 0 Å². The summed E-state index contributed by atoms with van der Waals surface area (Å²) in [6, 6.07) is 18.0. The number of hydrogen-bond donors (Lipinski definition) is 0. The van der Waals surface area contributed by atoms with E-state index in [9.17, 15) is 9.65 Å². The number of halogens is 1. The predicted octanol–water partition coefficient (Wildman–Crippen LogP) is 5.01. The lowest BCUT2D eigenvalue weighted by Crippen LogP contribution is -1.83. The van der Waals surface area contributed by atoms with Gasteiger partial charge in [-0.1, -0.05) is 42.5 Å². The van der Waals surface area contributed by atoms with Gasteiger partial charge in [0.25, 0.3) is 0 Å². The van der Waals surface area contributed by atoms with E-state index in [1.165, 1.54) is 23.5 Å². The Morgan fingerprint density at radius 3 is 2.50 bits per heavy atom. The quantitative estimate of drug-likeness (QED) is 0.637. The zero-order chi connectivity index (χ0) is 15.4. The van der Waals surface area contributed by atoms with Crippen LogP contribution in [0.5, 0.6) is 0 Å². The second-order valence-electron chi connectivity index (χ2n) is 4.63. The van der Waals surface area contributed by atoms with E-state index < -0.39 is 0 Å². The molecule has 0 aliphatic heterocycles. The standard InChI is InChI=1S/C18H11FN2S/c19-16-8-6-13(7-9-16)10-15(11-20)18-21-17(12-22-18)14-4-2-1-3-5-14/h1-10,12H/b15-10-. The highest BCUT2D eigenvalue weighted by atomic mass is 32.1. The molecule has 0 amide bonds. The fourth-order valence-electron chi connectivity index (χ4n) is 2.01. The molecule has 0 saturated heterocycles. The SMILES string of the molecule is N#C/C(=C/c1ccc(F)cc1)c1nc(-c2ccccc2)cs1. The van der Waals surface area contributed by atoms with Gasteiger partial charge in [0.05, 0.1) is 11.3 Å². The van der Waals surface area contributed by atoms with E-state index in [0.717, 1.165) is 16.8 Å². The van der Waals surface area contributed by atoms with Crippen molar-refractivity contribution in [3.8, 4) is 17.3 Å². The van der Waals surface area contributed by atoms with Crippen molar-refractivity contribution in [2.75, 3.05) is 0 Å². The normalized spacial score (nSPS) is 11.2. The molecule has 0 bridgehead atoms. The van der Waals surface area contributed by atoms with Crippen LogP contribution in [0.2, 0.25) is 0 Å². The first-order valence-corrected chi connectivity index (χ1v) is 7.53. The number of nitriles is 1. The summed E-state index contributed by atoms with van der Waals surface area (Å²) < 4.78 is 12.9. The number of benzene rings is 2. The first-order chi connectivity index (χ1) is 10.8. The van der Waals surface area contributed by atoms with Crippen LogP contribution in [-0.4, -0.2) is 4.98 Å². The molecule has 4 heteroatoms. The number of rotatable bonds is 3. The van der Waals surface area contributed by atoms with Crippen LogP contribution >= 0.6 is 11.3 Å². The maximum absolute atomic E-state index is 12.9. The third kappa shape index (κ3) is 3.11. The Balaban J connectivity index is 1.94. The monoisotopic (exact) mass is 306 g/mol. The summed E-state index contributed by atoms with van der Waals surface area (Å²) in [4.78, 5) is 4.52. The molecule has 3 rings (SSSR count). The lowest BCUT2D eigenvalue weighted by atomic mass is 10.1. The molecule has 0 fully saturated rings. The Morgan fingerprint density at radius 2 is 1.82 bits per heavy atom. The molecule has 1 heterocycles. The van der Waals surface area contributed by atoms with Crippen LogP contribution < -0.4 is 0 Å². The minimum atomic E-state index is -0.295. The van der Waals surface area contributed by atoms with Crippen molar-refractivity contribution in [3.63, 3.8) is 0 Å². The fourth-order valence-corrected chi connectivity index (χ4v) is 2.80. The highest BCUT2D eigenvalue weighted by Gasteiger charge is 2.08. The van der Waals surface area contributed by atoms with Gasteiger partial charge in [0.15, 0.2) is 0 Å². The summed E-state index contributed by atoms with van der Waals surface area (Å²) >= 11 is 1.42. The van der Waals surface area contributed by atoms with Gasteiger partial charge in [0.1, 0.15) is 16.9 Å². The average Bonchev–Trinajstić information content (AvgIpc) is 3.05. The second kappa shape index (κ2) is 6.33. The van der Waals surface area contributed by atoms with Gasteiger partial charge in [-0.3, -0.25) is 0 Å². The van der Waals surface area contributed by atoms with Gasteiger partial charge in [-0.25, -0.2) is 9.37 Å². The molecule has 0 N–H and O–H groups in total. The van der Waals surface area contributed by atoms with Crippen molar-refractivity contribution in [2.45, 2.75) is 0 Å². The number of allylic oxidation sites excluding steroid dienone is 1. The van der Waals surface area contributed by atoms with Crippen LogP contribution in [0.25, 0.3) is 22.9 Å². The zero-order valence-electron chi connectivity index (χ0n) is 11.5. The summed E-state index contributed by atoms with van der Waals surface area (Å²) in [5, 5.41) is 11.9. The fraction of sp³-hybridized carbons (Fsp3) is 0. The molecule has 0 saturated carbocycles. The van der Waals surface area contributed by atoms with Gasteiger partial charge < -0.3 is 0 Å². The summed E-state index contributed by atoms with van der Waals surface area (Å²) in [6.45, 7) is 0. The Labute approximate surface area is 131 Å². The van der Waals surface area contributed by atoms with Gasteiger partial charge in [0, 0.05) is 10.9 Å². The van der Waals surface area contributed by atoms with Crippen molar-refractivity contribution < 1.29 is 4.39 Å². The molecule has 0 radical (unpaired) electrons. The summed E-state index contributed by atoms with van der Waals surface area (Å²) in [5.74, 6) is -0.295. The molecular weight excluding hydrogens is 295 g/mol. The molecule has 2 nitrogen and oxygen atoms in total. The zero-order valence-corrected chi connectivity index (χ0v) is 12.3. The molecule has 0 atom stereocenters. The lowest BCUT2D eigenvalue weighted by molar-refractivity contribution is 0.628.